The van der Waals surface area contributed by atoms with Crippen molar-refractivity contribution in [1.29, 1.82) is 5.26 Å². The van der Waals surface area contributed by atoms with Crippen LogP contribution in [-0.4, -0.2) is 24.0 Å². The number of rotatable bonds is 3. The van der Waals surface area contributed by atoms with Crippen molar-refractivity contribution in [2.24, 2.45) is 11.3 Å². The van der Waals surface area contributed by atoms with Crippen LogP contribution in [0.5, 0.6) is 0 Å². The zero-order valence-corrected chi connectivity index (χ0v) is 12.8. The number of hydrogen-bond donors (Lipinski definition) is 0. The zero-order chi connectivity index (χ0) is 13.7. The molecular weight excluding hydrogens is 232 g/mol. The van der Waals surface area contributed by atoms with E-state index in [1.165, 1.54) is 64.5 Å². The molecule has 0 radical (unpaired) electrons. The molecule has 1 saturated heterocycles. The molecule has 0 spiro atoms. The fraction of sp³-hybridized carbons (Fsp3) is 0.941. The van der Waals surface area contributed by atoms with Gasteiger partial charge in [-0.25, -0.2) is 0 Å². The molecule has 0 aromatic heterocycles. The first-order valence-corrected chi connectivity index (χ1v) is 8.38. The van der Waals surface area contributed by atoms with Crippen molar-refractivity contribution < 1.29 is 0 Å². The van der Waals surface area contributed by atoms with Crippen LogP contribution in [0.4, 0.5) is 0 Å². The lowest BCUT2D eigenvalue weighted by atomic mass is 9.73. The average molecular weight is 262 g/mol. The van der Waals surface area contributed by atoms with E-state index in [-0.39, 0.29) is 0 Å². The Hall–Kier alpha value is -0.550. The van der Waals surface area contributed by atoms with E-state index in [2.05, 4.69) is 24.8 Å². The van der Waals surface area contributed by atoms with E-state index in [1.54, 1.807) is 0 Å². The Morgan fingerprint density at radius 2 is 1.68 bits per heavy atom. The van der Waals surface area contributed by atoms with Gasteiger partial charge in [-0.1, -0.05) is 46.0 Å². The highest BCUT2D eigenvalue weighted by atomic mass is 15.2. The summed E-state index contributed by atoms with van der Waals surface area (Å²) in [6.45, 7) is 7.15. The molecule has 1 heterocycles. The molecule has 1 aliphatic carbocycles. The molecule has 19 heavy (non-hydrogen) atoms. The third kappa shape index (κ3) is 3.31. The summed E-state index contributed by atoms with van der Waals surface area (Å²) in [6.07, 6.45) is 11.6. The molecule has 2 heteroatoms. The van der Waals surface area contributed by atoms with Crippen LogP contribution in [0.15, 0.2) is 0 Å². The van der Waals surface area contributed by atoms with Crippen molar-refractivity contribution in [2.45, 2.75) is 77.7 Å². The number of nitriles is 1. The van der Waals surface area contributed by atoms with Crippen LogP contribution in [-0.2, 0) is 0 Å². The lowest BCUT2D eigenvalue weighted by Gasteiger charge is -2.44. The van der Waals surface area contributed by atoms with Crippen LogP contribution in [0, 0.1) is 22.7 Å². The summed E-state index contributed by atoms with van der Waals surface area (Å²) < 4.78 is 0. The predicted molar refractivity (Wildman–Crippen MR) is 79.8 cm³/mol. The normalized spacial score (nSPS) is 32.5. The molecule has 0 N–H and O–H groups in total. The maximum Gasteiger partial charge on any atom is 0.0672 e. The second-order valence-corrected chi connectivity index (χ2v) is 6.68. The fourth-order valence-corrected chi connectivity index (χ4v) is 4.16. The monoisotopic (exact) mass is 262 g/mol. The van der Waals surface area contributed by atoms with Crippen LogP contribution in [0.1, 0.15) is 71.6 Å². The van der Waals surface area contributed by atoms with Gasteiger partial charge >= 0.3 is 0 Å². The van der Waals surface area contributed by atoms with Crippen LogP contribution in [0.3, 0.4) is 0 Å². The van der Waals surface area contributed by atoms with E-state index < -0.39 is 0 Å². The number of piperidine rings is 1. The van der Waals surface area contributed by atoms with Crippen molar-refractivity contribution in [3.63, 3.8) is 0 Å². The topological polar surface area (TPSA) is 27.0 Å². The van der Waals surface area contributed by atoms with Crippen LogP contribution < -0.4 is 0 Å². The number of hydrogen-bond acceptors (Lipinski definition) is 2. The predicted octanol–water partition coefficient (Wildman–Crippen LogP) is 4.36. The molecule has 0 aromatic carbocycles. The van der Waals surface area contributed by atoms with Gasteiger partial charge in [-0.05, 0) is 44.2 Å². The Bertz CT molecular complexity index is 304. The summed E-state index contributed by atoms with van der Waals surface area (Å²) in [7, 11) is 0. The van der Waals surface area contributed by atoms with Crippen molar-refractivity contribution in [2.75, 3.05) is 13.1 Å². The summed E-state index contributed by atoms with van der Waals surface area (Å²) in [6, 6.07) is 3.15. The summed E-state index contributed by atoms with van der Waals surface area (Å²) in [5, 5.41) is 9.44. The first kappa shape index (κ1) is 14.9. The van der Waals surface area contributed by atoms with Crippen LogP contribution >= 0.6 is 0 Å². The summed E-state index contributed by atoms with van der Waals surface area (Å²) >= 11 is 0. The SMILES string of the molecule is CCC1(CC)CCN(C2CCCCCC2C#N)CC1. The molecule has 0 aromatic rings. The second-order valence-electron chi connectivity index (χ2n) is 6.68. The van der Waals surface area contributed by atoms with Crippen molar-refractivity contribution in [3.05, 3.63) is 0 Å². The van der Waals surface area contributed by atoms with E-state index in [4.69, 9.17) is 0 Å². The molecule has 0 amide bonds. The molecule has 2 fully saturated rings. The highest BCUT2D eigenvalue weighted by Gasteiger charge is 2.36. The minimum Gasteiger partial charge on any atom is -0.299 e. The third-order valence-corrected chi connectivity index (χ3v) is 5.97. The Morgan fingerprint density at radius 1 is 1.05 bits per heavy atom. The summed E-state index contributed by atoms with van der Waals surface area (Å²) in [5.41, 5.74) is 0.601. The zero-order valence-electron chi connectivity index (χ0n) is 12.8. The van der Waals surface area contributed by atoms with E-state index in [9.17, 15) is 5.26 Å². The summed E-state index contributed by atoms with van der Waals surface area (Å²) in [4.78, 5) is 2.66. The Morgan fingerprint density at radius 3 is 2.26 bits per heavy atom. The largest absolute Gasteiger partial charge is 0.299 e. The van der Waals surface area contributed by atoms with Crippen molar-refractivity contribution in [3.8, 4) is 6.07 Å². The second kappa shape index (κ2) is 6.75. The van der Waals surface area contributed by atoms with Gasteiger partial charge in [0.15, 0.2) is 0 Å². The van der Waals surface area contributed by atoms with Gasteiger partial charge in [-0.15, -0.1) is 0 Å². The maximum absolute atomic E-state index is 9.44. The van der Waals surface area contributed by atoms with Gasteiger partial charge in [0.05, 0.1) is 12.0 Å². The molecule has 2 unspecified atom stereocenters. The molecule has 0 bridgehead atoms. The molecule has 2 nitrogen and oxygen atoms in total. The van der Waals surface area contributed by atoms with Gasteiger partial charge in [0, 0.05) is 6.04 Å². The van der Waals surface area contributed by atoms with Gasteiger partial charge in [0.2, 0.25) is 0 Å². The quantitative estimate of drug-likeness (QED) is 0.707. The number of nitrogens with zero attached hydrogens (tertiary/aromatic N) is 2. The van der Waals surface area contributed by atoms with E-state index >= 15 is 0 Å². The Balaban J connectivity index is 1.97. The first-order chi connectivity index (χ1) is 9.24. The molecule has 2 rings (SSSR count). The lowest BCUT2D eigenvalue weighted by Crippen LogP contribution is -2.47. The standard InChI is InChI=1S/C17H30N2/c1-3-17(4-2)10-12-19(13-11-17)16-9-7-5-6-8-15(16)14-18/h15-16H,3-13H2,1-2H3. The molecular formula is C17H30N2. The minimum atomic E-state index is 0.290. The molecule has 2 aliphatic rings. The van der Waals surface area contributed by atoms with Crippen molar-refractivity contribution in [1.82, 2.24) is 4.90 Å². The van der Waals surface area contributed by atoms with Crippen molar-refractivity contribution >= 4 is 0 Å². The van der Waals surface area contributed by atoms with Gasteiger partial charge in [-0.2, -0.15) is 5.26 Å². The highest BCUT2D eigenvalue weighted by Crippen LogP contribution is 2.40. The minimum absolute atomic E-state index is 0.290. The van der Waals surface area contributed by atoms with Gasteiger partial charge in [0.25, 0.3) is 0 Å². The number of likely N-dealkylation sites (tertiary alicyclic amines) is 1. The smallest absolute Gasteiger partial charge is 0.0672 e. The fourth-order valence-electron chi connectivity index (χ4n) is 4.16. The Labute approximate surface area is 119 Å². The van der Waals surface area contributed by atoms with Gasteiger partial charge in [0.1, 0.15) is 0 Å². The lowest BCUT2D eigenvalue weighted by molar-refractivity contribution is 0.0507. The highest BCUT2D eigenvalue weighted by molar-refractivity contribution is 4.97. The van der Waals surface area contributed by atoms with Crippen LogP contribution in [0.2, 0.25) is 0 Å². The third-order valence-electron chi connectivity index (χ3n) is 5.97. The molecule has 1 saturated carbocycles. The van der Waals surface area contributed by atoms with Crippen LogP contribution in [0.25, 0.3) is 0 Å². The average Bonchev–Trinajstić information content (AvgIpc) is 2.72. The Kier molecular flexibility index (Phi) is 5.28. The van der Waals surface area contributed by atoms with E-state index in [0.717, 1.165) is 6.42 Å². The molecule has 1 aliphatic heterocycles. The van der Waals surface area contributed by atoms with Gasteiger partial charge < -0.3 is 0 Å². The van der Waals surface area contributed by atoms with E-state index in [1.807, 2.05) is 0 Å². The summed E-state index contributed by atoms with van der Waals surface area (Å²) in [5.74, 6) is 0.290. The maximum atomic E-state index is 9.44. The molecule has 108 valence electrons. The van der Waals surface area contributed by atoms with Gasteiger partial charge in [-0.3, -0.25) is 4.90 Å². The first-order valence-electron chi connectivity index (χ1n) is 8.38. The molecule has 2 atom stereocenters. The van der Waals surface area contributed by atoms with E-state index in [0.29, 0.717) is 17.4 Å².